The lowest BCUT2D eigenvalue weighted by Crippen LogP contribution is -1.89. The van der Waals surface area contributed by atoms with Crippen LogP contribution in [0.4, 0.5) is 0 Å². The van der Waals surface area contributed by atoms with Crippen LogP contribution in [0.1, 0.15) is 5.56 Å². The van der Waals surface area contributed by atoms with Gasteiger partial charge in [0.15, 0.2) is 0 Å². The normalized spacial score (nSPS) is 10.1. The van der Waals surface area contributed by atoms with Crippen molar-refractivity contribution in [1.82, 2.24) is 9.97 Å². The Morgan fingerprint density at radius 3 is 2.60 bits per heavy atom. The minimum Gasteiger partial charge on any atom is -0.265 e. The van der Waals surface area contributed by atoms with Gasteiger partial charge >= 0.3 is 0 Å². The minimum atomic E-state index is 1.06. The first kappa shape index (κ1) is 10.2. The highest BCUT2D eigenvalue weighted by molar-refractivity contribution is 7.99. The van der Waals surface area contributed by atoms with Crippen LogP contribution in [-0.2, 0) is 6.42 Å². The van der Waals surface area contributed by atoms with E-state index in [0.29, 0.717) is 0 Å². The molecule has 0 unspecified atom stereocenters. The maximum absolute atomic E-state index is 4.26. The van der Waals surface area contributed by atoms with Gasteiger partial charge in [-0.15, -0.1) is 11.8 Å². The maximum Gasteiger partial charge on any atom is 0.0959 e. The smallest absolute Gasteiger partial charge is 0.0959 e. The number of hydrogen-bond donors (Lipinski definition) is 0. The summed E-state index contributed by atoms with van der Waals surface area (Å²) in [6, 6.07) is 10.1. The summed E-state index contributed by atoms with van der Waals surface area (Å²) in [6.07, 6.45) is 6.56. The molecule has 15 heavy (non-hydrogen) atoms. The van der Waals surface area contributed by atoms with Gasteiger partial charge in [-0.2, -0.15) is 0 Å². The Morgan fingerprint density at radius 2 is 1.87 bits per heavy atom. The summed E-state index contributed by atoms with van der Waals surface area (Å²) in [4.78, 5) is 8.25. The zero-order valence-corrected chi connectivity index (χ0v) is 9.15. The largest absolute Gasteiger partial charge is 0.265 e. The van der Waals surface area contributed by atoms with Crippen molar-refractivity contribution < 1.29 is 0 Å². The predicted molar refractivity (Wildman–Crippen MR) is 62.9 cm³/mol. The van der Waals surface area contributed by atoms with Crippen LogP contribution in [0.2, 0.25) is 0 Å². The highest BCUT2D eigenvalue weighted by Crippen LogP contribution is 2.15. The highest BCUT2D eigenvalue weighted by atomic mass is 32.2. The van der Waals surface area contributed by atoms with Crippen molar-refractivity contribution in [2.45, 2.75) is 11.4 Å². The van der Waals surface area contributed by atoms with Gasteiger partial charge in [0.1, 0.15) is 0 Å². The molecule has 0 saturated heterocycles. The summed E-state index contributed by atoms with van der Waals surface area (Å²) < 4.78 is 0. The van der Waals surface area contributed by atoms with E-state index in [1.54, 1.807) is 11.8 Å². The number of aromatic nitrogens is 2. The topological polar surface area (TPSA) is 25.8 Å². The molecule has 0 atom stereocenters. The third-order valence-electron chi connectivity index (χ3n) is 2.03. The van der Waals surface area contributed by atoms with Crippen molar-refractivity contribution in [2.75, 3.05) is 5.75 Å². The van der Waals surface area contributed by atoms with E-state index in [9.17, 15) is 0 Å². The van der Waals surface area contributed by atoms with E-state index in [4.69, 9.17) is 0 Å². The first-order chi connectivity index (χ1) is 7.45. The molecule has 0 bridgehead atoms. The zero-order valence-electron chi connectivity index (χ0n) is 8.34. The molecular formula is C12H12N2S. The fourth-order valence-corrected chi connectivity index (χ4v) is 2.11. The summed E-state index contributed by atoms with van der Waals surface area (Å²) in [7, 11) is 0. The van der Waals surface area contributed by atoms with Crippen LogP contribution in [-0.4, -0.2) is 15.7 Å². The second-order valence-corrected chi connectivity index (χ2v) is 4.24. The summed E-state index contributed by atoms with van der Waals surface area (Å²) >= 11 is 1.78. The Bertz CT molecular complexity index is 349. The molecule has 0 aliphatic carbocycles. The first-order valence-corrected chi connectivity index (χ1v) is 5.86. The molecule has 0 aromatic carbocycles. The number of hydrogen-bond acceptors (Lipinski definition) is 3. The average molecular weight is 216 g/mol. The van der Waals surface area contributed by atoms with Crippen molar-refractivity contribution in [3.63, 3.8) is 0 Å². The highest BCUT2D eigenvalue weighted by Gasteiger charge is 1.95. The standard InChI is InChI=1S/C12H12N2S/c1-2-7-14-12(3-1)15-10-6-11-4-8-13-9-5-11/h1-5,7-9H,6,10H2. The van der Waals surface area contributed by atoms with Gasteiger partial charge in [-0.25, -0.2) is 4.98 Å². The fraction of sp³-hybridized carbons (Fsp3) is 0.167. The molecule has 0 radical (unpaired) electrons. The van der Waals surface area contributed by atoms with Gasteiger partial charge in [0, 0.05) is 24.3 Å². The molecule has 2 heterocycles. The molecule has 3 heteroatoms. The van der Waals surface area contributed by atoms with Crippen LogP contribution in [0.15, 0.2) is 53.9 Å². The van der Waals surface area contributed by atoms with Crippen LogP contribution in [0.3, 0.4) is 0 Å². The lowest BCUT2D eigenvalue weighted by Gasteiger charge is -2.00. The molecule has 0 aliphatic heterocycles. The van der Waals surface area contributed by atoms with E-state index >= 15 is 0 Å². The van der Waals surface area contributed by atoms with E-state index in [1.807, 2.05) is 36.8 Å². The Labute approximate surface area is 93.8 Å². The second kappa shape index (κ2) is 5.51. The third kappa shape index (κ3) is 3.36. The van der Waals surface area contributed by atoms with Crippen LogP contribution in [0.5, 0.6) is 0 Å². The summed E-state index contributed by atoms with van der Waals surface area (Å²) in [6.45, 7) is 0. The van der Waals surface area contributed by atoms with Crippen LogP contribution in [0.25, 0.3) is 0 Å². The predicted octanol–water partition coefficient (Wildman–Crippen LogP) is 2.81. The molecule has 2 aromatic heterocycles. The molecule has 2 rings (SSSR count). The molecule has 0 amide bonds. The van der Waals surface area contributed by atoms with E-state index in [2.05, 4.69) is 22.1 Å². The molecule has 0 spiro atoms. The Morgan fingerprint density at radius 1 is 1.00 bits per heavy atom. The summed E-state index contributed by atoms with van der Waals surface area (Å²) in [5, 5.41) is 1.09. The van der Waals surface area contributed by atoms with Gasteiger partial charge in [0.05, 0.1) is 5.03 Å². The van der Waals surface area contributed by atoms with Crippen molar-refractivity contribution >= 4 is 11.8 Å². The molecule has 2 aromatic rings. The van der Waals surface area contributed by atoms with Crippen LogP contribution < -0.4 is 0 Å². The Hall–Kier alpha value is -1.35. The van der Waals surface area contributed by atoms with Crippen molar-refractivity contribution in [1.29, 1.82) is 0 Å². The van der Waals surface area contributed by atoms with Crippen LogP contribution in [0, 0.1) is 0 Å². The third-order valence-corrected chi connectivity index (χ3v) is 2.97. The molecule has 76 valence electrons. The van der Waals surface area contributed by atoms with E-state index < -0.39 is 0 Å². The molecule has 2 nitrogen and oxygen atoms in total. The maximum atomic E-state index is 4.26. The van der Waals surface area contributed by atoms with E-state index in [-0.39, 0.29) is 0 Å². The monoisotopic (exact) mass is 216 g/mol. The van der Waals surface area contributed by atoms with Gasteiger partial charge in [0.2, 0.25) is 0 Å². The van der Waals surface area contributed by atoms with Gasteiger partial charge in [-0.05, 0) is 36.2 Å². The van der Waals surface area contributed by atoms with E-state index in [1.165, 1.54) is 5.56 Å². The van der Waals surface area contributed by atoms with Gasteiger partial charge in [-0.3, -0.25) is 4.98 Å². The molecule has 0 saturated carbocycles. The van der Waals surface area contributed by atoms with Crippen molar-refractivity contribution in [3.8, 4) is 0 Å². The number of pyridine rings is 2. The average Bonchev–Trinajstić information content (AvgIpc) is 2.32. The SMILES string of the molecule is c1ccc(SCCc2ccncc2)nc1. The quantitative estimate of drug-likeness (QED) is 0.735. The lowest BCUT2D eigenvalue weighted by molar-refractivity contribution is 1.10. The molecular weight excluding hydrogens is 204 g/mol. The number of rotatable bonds is 4. The van der Waals surface area contributed by atoms with Gasteiger partial charge < -0.3 is 0 Å². The van der Waals surface area contributed by atoms with Crippen molar-refractivity contribution in [3.05, 3.63) is 54.5 Å². The molecule has 0 fully saturated rings. The number of aryl methyl sites for hydroxylation is 1. The van der Waals surface area contributed by atoms with Crippen molar-refractivity contribution in [2.24, 2.45) is 0 Å². The molecule has 0 aliphatic rings. The zero-order chi connectivity index (χ0) is 10.3. The Balaban J connectivity index is 1.81. The number of nitrogens with zero attached hydrogens (tertiary/aromatic N) is 2. The molecule has 0 N–H and O–H groups in total. The second-order valence-electron chi connectivity index (χ2n) is 3.12. The summed E-state index contributed by atoms with van der Waals surface area (Å²) in [5.41, 5.74) is 1.33. The lowest BCUT2D eigenvalue weighted by atomic mass is 10.2. The van der Waals surface area contributed by atoms with Gasteiger partial charge in [0.25, 0.3) is 0 Å². The Kier molecular flexibility index (Phi) is 3.74. The minimum absolute atomic E-state index is 1.06. The van der Waals surface area contributed by atoms with Gasteiger partial charge in [-0.1, -0.05) is 6.07 Å². The fourth-order valence-electron chi connectivity index (χ4n) is 1.26. The first-order valence-electron chi connectivity index (χ1n) is 4.88. The van der Waals surface area contributed by atoms with E-state index in [0.717, 1.165) is 17.2 Å². The summed E-state index contributed by atoms with van der Waals surface area (Å²) in [5.74, 6) is 1.06. The van der Waals surface area contributed by atoms with Crippen LogP contribution >= 0.6 is 11.8 Å². The number of thioether (sulfide) groups is 1.